The number of piperidine rings is 1. The first-order valence-electron chi connectivity index (χ1n) is 8.80. The number of aromatic nitrogens is 3. The zero-order valence-electron chi connectivity index (χ0n) is 14.7. The van der Waals surface area contributed by atoms with E-state index in [1.807, 2.05) is 48.6 Å². The molecule has 2 aromatic heterocycles. The molecule has 0 aliphatic carbocycles. The average molecular weight is 385 g/mol. The van der Waals surface area contributed by atoms with E-state index in [0.29, 0.717) is 5.92 Å². The molecule has 134 valence electrons. The summed E-state index contributed by atoms with van der Waals surface area (Å²) in [5.41, 5.74) is 5.64. The van der Waals surface area contributed by atoms with Crippen LogP contribution in [0.3, 0.4) is 0 Å². The van der Waals surface area contributed by atoms with Gasteiger partial charge in [-0.3, -0.25) is 14.4 Å². The lowest BCUT2D eigenvalue weighted by atomic mass is 9.88. The Morgan fingerprint density at radius 3 is 2.38 bits per heavy atom. The standard InChI is InChI=1S/C20H21ClN4S/c1-26-25-12-8-16(9-13-25)20-18(14-6-10-22-11-7-14)19(23-24-20)15-2-4-17(21)5-3-15/h2-7,10-11,16H,8-9,12-13H2,1H3,(H,23,24). The van der Waals surface area contributed by atoms with Gasteiger partial charge < -0.3 is 0 Å². The Hall–Kier alpha value is -1.82. The second kappa shape index (κ2) is 7.82. The third-order valence-corrected chi connectivity index (χ3v) is 6.13. The van der Waals surface area contributed by atoms with Crippen LogP contribution in [0, 0.1) is 0 Å². The highest BCUT2D eigenvalue weighted by molar-refractivity contribution is 7.96. The quantitative estimate of drug-likeness (QED) is 0.624. The van der Waals surface area contributed by atoms with E-state index >= 15 is 0 Å². The topological polar surface area (TPSA) is 44.8 Å². The maximum Gasteiger partial charge on any atom is 0.100 e. The molecule has 1 aliphatic rings. The maximum atomic E-state index is 6.07. The van der Waals surface area contributed by atoms with Crippen molar-refractivity contribution < 1.29 is 0 Å². The van der Waals surface area contributed by atoms with Gasteiger partial charge in [0.2, 0.25) is 0 Å². The van der Waals surface area contributed by atoms with Gasteiger partial charge in [0.15, 0.2) is 0 Å². The first-order chi connectivity index (χ1) is 12.8. The van der Waals surface area contributed by atoms with Gasteiger partial charge in [-0.2, -0.15) is 5.10 Å². The van der Waals surface area contributed by atoms with Crippen LogP contribution in [-0.2, 0) is 0 Å². The minimum absolute atomic E-state index is 0.495. The molecule has 1 N–H and O–H groups in total. The van der Waals surface area contributed by atoms with E-state index in [0.717, 1.165) is 47.8 Å². The van der Waals surface area contributed by atoms with Crippen molar-refractivity contribution >= 4 is 23.5 Å². The number of pyridine rings is 1. The summed E-state index contributed by atoms with van der Waals surface area (Å²) in [4.78, 5) is 4.17. The molecule has 4 rings (SSSR count). The normalized spacial score (nSPS) is 16.1. The fourth-order valence-electron chi connectivity index (χ4n) is 3.61. The highest BCUT2D eigenvalue weighted by atomic mass is 35.5. The molecule has 0 amide bonds. The van der Waals surface area contributed by atoms with E-state index in [9.17, 15) is 0 Å². The van der Waals surface area contributed by atoms with Crippen LogP contribution < -0.4 is 0 Å². The second-order valence-electron chi connectivity index (χ2n) is 6.49. The van der Waals surface area contributed by atoms with Gasteiger partial charge in [0, 0.05) is 53.2 Å². The van der Waals surface area contributed by atoms with Crippen molar-refractivity contribution in [3.8, 4) is 22.4 Å². The molecule has 0 radical (unpaired) electrons. The number of nitrogens with one attached hydrogen (secondary N) is 1. The smallest absolute Gasteiger partial charge is 0.100 e. The SMILES string of the molecule is CSN1CCC(c2[nH]nc(-c3ccc(Cl)cc3)c2-c2ccncc2)CC1. The van der Waals surface area contributed by atoms with Gasteiger partial charge in [-0.05, 0) is 48.9 Å². The number of benzene rings is 1. The third-order valence-electron chi connectivity index (χ3n) is 5.00. The van der Waals surface area contributed by atoms with Crippen LogP contribution in [0.2, 0.25) is 5.02 Å². The lowest BCUT2D eigenvalue weighted by Gasteiger charge is -2.30. The first kappa shape index (κ1) is 17.6. The van der Waals surface area contributed by atoms with Crippen molar-refractivity contribution in [3.63, 3.8) is 0 Å². The molecule has 0 bridgehead atoms. The maximum absolute atomic E-state index is 6.07. The molecular formula is C20H21ClN4S. The highest BCUT2D eigenvalue weighted by Gasteiger charge is 2.26. The molecule has 0 unspecified atom stereocenters. The first-order valence-corrected chi connectivity index (χ1v) is 10.4. The van der Waals surface area contributed by atoms with Crippen molar-refractivity contribution in [2.24, 2.45) is 0 Å². The van der Waals surface area contributed by atoms with Crippen LogP contribution in [-0.4, -0.2) is 38.8 Å². The molecule has 0 atom stereocenters. The van der Waals surface area contributed by atoms with Gasteiger partial charge in [0.1, 0.15) is 5.69 Å². The fraction of sp³-hybridized carbons (Fsp3) is 0.300. The Morgan fingerprint density at radius 1 is 1.04 bits per heavy atom. The largest absolute Gasteiger partial charge is 0.281 e. The lowest BCUT2D eigenvalue weighted by Crippen LogP contribution is -2.27. The Balaban J connectivity index is 1.76. The summed E-state index contributed by atoms with van der Waals surface area (Å²) < 4.78 is 2.43. The molecule has 3 heterocycles. The summed E-state index contributed by atoms with van der Waals surface area (Å²) in [5.74, 6) is 0.495. The predicted octanol–water partition coefficient (Wildman–Crippen LogP) is 5.25. The summed E-state index contributed by atoms with van der Waals surface area (Å²) in [6.07, 6.45) is 8.11. The molecule has 0 spiro atoms. The molecule has 1 aromatic carbocycles. The minimum Gasteiger partial charge on any atom is -0.281 e. The minimum atomic E-state index is 0.495. The van der Waals surface area contributed by atoms with Crippen molar-refractivity contribution in [1.82, 2.24) is 19.5 Å². The van der Waals surface area contributed by atoms with Gasteiger partial charge >= 0.3 is 0 Å². The number of halogens is 1. The Kier molecular flexibility index (Phi) is 5.29. The van der Waals surface area contributed by atoms with Gasteiger partial charge in [-0.15, -0.1) is 0 Å². The van der Waals surface area contributed by atoms with E-state index in [1.165, 1.54) is 11.3 Å². The van der Waals surface area contributed by atoms with Crippen molar-refractivity contribution in [2.75, 3.05) is 19.3 Å². The summed E-state index contributed by atoms with van der Waals surface area (Å²) in [7, 11) is 0. The zero-order valence-corrected chi connectivity index (χ0v) is 16.2. The van der Waals surface area contributed by atoms with Crippen LogP contribution in [0.15, 0.2) is 48.8 Å². The number of hydrogen-bond acceptors (Lipinski definition) is 4. The third kappa shape index (κ3) is 3.52. The van der Waals surface area contributed by atoms with Crippen LogP contribution in [0.1, 0.15) is 24.5 Å². The summed E-state index contributed by atoms with van der Waals surface area (Å²) in [5, 5.41) is 8.79. The Bertz CT molecular complexity index is 855. The average Bonchev–Trinajstić information content (AvgIpc) is 3.14. The van der Waals surface area contributed by atoms with Gasteiger partial charge in [0.05, 0.1) is 0 Å². The Labute approximate surface area is 163 Å². The molecule has 3 aromatic rings. The van der Waals surface area contributed by atoms with Crippen molar-refractivity contribution in [2.45, 2.75) is 18.8 Å². The molecule has 1 aliphatic heterocycles. The highest BCUT2D eigenvalue weighted by Crippen LogP contribution is 2.40. The molecule has 26 heavy (non-hydrogen) atoms. The predicted molar refractivity (Wildman–Crippen MR) is 109 cm³/mol. The number of H-pyrrole nitrogens is 1. The van der Waals surface area contributed by atoms with E-state index in [4.69, 9.17) is 16.7 Å². The monoisotopic (exact) mass is 384 g/mol. The molecule has 1 fully saturated rings. The van der Waals surface area contributed by atoms with Crippen LogP contribution >= 0.6 is 23.5 Å². The molecular weight excluding hydrogens is 364 g/mol. The lowest BCUT2D eigenvalue weighted by molar-refractivity contribution is 0.343. The molecule has 4 nitrogen and oxygen atoms in total. The summed E-state index contributed by atoms with van der Waals surface area (Å²) >= 11 is 7.90. The van der Waals surface area contributed by atoms with Crippen molar-refractivity contribution in [1.29, 1.82) is 0 Å². The number of rotatable bonds is 4. The zero-order chi connectivity index (χ0) is 17.9. The van der Waals surface area contributed by atoms with Gasteiger partial charge in [-0.1, -0.05) is 35.7 Å². The van der Waals surface area contributed by atoms with Crippen LogP contribution in [0.4, 0.5) is 0 Å². The van der Waals surface area contributed by atoms with Crippen LogP contribution in [0.25, 0.3) is 22.4 Å². The Morgan fingerprint density at radius 2 is 1.73 bits per heavy atom. The molecule has 0 saturated carbocycles. The number of aromatic amines is 1. The number of hydrogen-bond donors (Lipinski definition) is 1. The summed E-state index contributed by atoms with van der Waals surface area (Å²) in [6.45, 7) is 2.22. The van der Waals surface area contributed by atoms with Crippen molar-refractivity contribution in [3.05, 3.63) is 59.5 Å². The second-order valence-corrected chi connectivity index (χ2v) is 7.81. The van der Waals surface area contributed by atoms with E-state index in [1.54, 1.807) is 0 Å². The van der Waals surface area contributed by atoms with Gasteiger partial charge in [0.25, 0.3) is 0 Å². The van der Waals surface area contributed by atoms with E-state index < -0.39 is 0 Å². The number of nitrogens with zero attached hydrogens (tertiary/aromatic N) is 3. The van der Waals surface area contributed by atoms with E-state index in [2.05, 4.69) is 32.8 Å². The fourth-order valence-corrected chi connectivity index (χ4v) is 4.31. The van der Waals surface area contributed by atoms with Gasteiger partial charge in [-0.25, -0.2) is 0 Å². The van der Waals surface area contributed by atoms with E-state index in [-0.39, 0.29) is 0 Å². The van der Waals surface area contributed by atoms with Crippen LogP contribution in [0.5, 0.6) is 0 Å². The molecule has 6 heteroatoms. The summed E-state index contributed by atoms with van der Waals surface area (Å²) in [6, 6.07) is 12.0. The molecule has 1 saturated heterocycles.